The van der Waals surface area contributed by atoms with Crippen LogP contribution in [-0.4, -0.2) is 37.0 Å². The molecule has 1 aliphatic rings. The number of methoxy groups -OCH3 is 1. The first-order valence-corrected chi connectivity index (χ1v) is 6.65. The van der Waals surface area contributed by atoms with Gasteiger partial charge in [-0.25, -0.2) is 4.39 Å². The molecule has 1 amide bonds. The molecule has 6 heteroatoms. The smallest absolute Gasteiger partial charge is 0.310 e. The lowest BCUT2D eigenvalue weighted by Gasteiger charge is -2.16. The number of benzene rings is 1. The number of likely N-dealkylation sites (tertiary alicyclic amines) is 1. The maximum Gasteiger partial charge on any atom is 0.310 e. The van der Waals surface area contributed by atoms with E-state index in [1.165, 1.54) is 24.1 Å². The van der Waals surface area contributed by atoms with Crippen molar-refractivity contribution in [1.82, 2.24) is 4.90 Å². The fraction of sp³-hybridized carbons (Fsp3) is 0.385. The average Bonchev–Trinajstić information content (AvgIpc) is 2.90. The molecule has 0 bridgehead atoms. The zero-order valence-electron chi connectivity index (χ0n) is 10.4. The van der Waals surface area contributed by atoms with Gasteiger partial charge in [0, 0.05) is 13.1 Å². The molecule has 0 aliphatic carbocycles. The second kappa shape index (κ2) is 5.69. The molecule has 1 heterocycles. The van der Waals surface area contributed by atoms with E-state index in [1.807, 2.05) is 0 Å². The lowest BCUT2D eigenvalue weighted by atomic mass is 10.1. The minimum atomic E-state index is -0.575. The highest BCUT2D eigenvalue weighted by molar-refractivity contribution is 9.10. The van der Waals surface area contributed by atoms with E-state index in [1.54, 1.807) is 6.07 Å². The van der Waals surface area contributed by atoms with Crippen molar-refractivity contribution >= 4 is 27.8 Å². The molecule has 0 N–H and O–H groups in total. The van der Waals surface area contributed by atoms with Gasteiger partial charge in [0.25, 0.3) is 5.91 Å². The van der Waals surface area contributed by atoms with Crippen molar-refractivity contribution < 1.29 is 18.7 Å². The molecule has 1 fully saturated rings. The Morgan fingerprint density at radius 1 is 1.47 bits per heavy atom. The number of halogens is 2. The highest BCUT2D eigenvalue weighted by Crippen LogP contribution is 2.23. The van der Waals surface area contributed by atoms with Crippen LogP contribution >= 0.6 is 15.9 Å². The lowest BCUT2D eigenvalue weighted by Crippen LogP contribution is -2.30. The van der Waals surface area contributed by atoms with Gasteiger partial charge < -0.3 is 9.64 Å². The lowest BCUT2D eigenvalue weighted by molar-refractivity contribution is -0.144. The molecule has 0 aromatic heterocycles. The van der Waals surface area contributed by atoms with E-state index in [0.29, 0.717) is 13.0 Å². The fourth-order valence-electron chi connectivity index (χ4n) is 2.14. The van der Waals surface area contributed by atoms with Crippen molar-refractivity contribution in [3.8, 4) is 0 Å². The maximum atomic E-state index is 13.8. The van der Waals surface area contributed by atoms with Gasteiger partial charge in [0.1, 0.15) is 5.82 Å². The molecule has 0 radical (unpaired) electrons. The summed E-state index contributed by atoms with van der Waals surface area (Å²) in [5.74, 6) is -1.62. The zero-order chi connectivity index (χ0) is 14.0. The number of nitrogens with zero attached hydrogens (tertiary/aromatic N) is 1. The molecule has 19 heavy (non-hydrogen) atoms. The number of carbonyl (C=O) groups excluding carboxylic acids is 2. The van der Waals surface area contributed by atoms with Crippen LogP contribution in [0.15, 0.2) is 22.7 Å². The number of carbonyl (C=O) groups is 2. The van der Waals surface area contributed by atoms with Crippen molar-refractivity contribution in [1.29, 1.82) is 0 Å². The van der Waals surface area contributed by atoms with Crippen molar-refractivity contribution in [2.45, 2.75) is 6.42 Å². The van der Waals surface area contributed by atoms with Crippen LogP contribution in [0.1, 0.15) is 16.8 Å². The highest BCUT2D eigenvalue weighted by atomic mass is 79.9. The van der Waals surface area contributed by atoms with Crippen LogP contribution in [0.4, 0.5) is 4.39 Å². The van der Waals surface area contributed by atoms with Crippen LogP contribution in [-0.2, 0) is 9.53 Å². The number of hydrogen-bond acceptors (Lipinski definition) is 3. The molecule has 1 saturated heterocycles. The van der Waals surface area contributed by atoms with Crippen LogP contribution < -0.4 is 0 Å². The van der Waals surface area contributed by atoms with Gasteiger partial charge >= 0.3 is 5.97 Å². The molecule has 1 aromatic rings. The quantitative estimate of drug-likeness (QED) is 0.781. The Bertz CT molecular complexity index is 521. The summed E-state index contributed by atoms with van der Waals surface area (Å²) in [5, 5.41) is 0. The summed E-state index contributed by atoms with van der Waals surface area (Å²) in [6, 6.07) is 4.58. The van der Waals surface area contributed by atoms with E-state index < -0.39 is 11.7 Å². The molecule has 4 nitrogen and oxygen atoms in total. The second-order valence-corrected chi connectivity index (χ2v) is 5.22. The number of amides is 1. The summed E-state index contributed by atoms with van der Waals surface area (Å²) in [6.07, 6.45) is 0.550. The second-order valence-electron chi connectivity index (χ2n) is 4.36. The van der Waals surface area contributed by atoms with Gasteiger partial charge in [0.2, 0.25) is 0 Å². The van der Waals surface area contributed by atoms with E-state index in [-0.39, 0.29) is 28.5 Å². The minimum absolute atomic E-state index is 0.0138. The number of esters is 1. The third-order valence-corrected chi connectivity index (χ3v) is 3.80. The maximum absolute atomic E-state index is 13.8. The van der Waals surface area contributed by atoms with Gasteiger partial charge in [0.05, 0.1) is 23.1 Å². The van der Waals surface area contributed by atoms with Crippen LogP contribution in [0, 0.1) is 11.7 Å². The molecule has 1 aromatic carbocycles. The Morgan fingerprint density at radius 2 is 2.21 bits per heavy atom. The summed E-state index contributed by atoms with van der Waals surface area (Å²) < 4.78 is 18.7. The Kier molecular flexibility index (Phi) is 4.19. The van der Waals surface area contributed by atoms with Crippen LogP contribution in [0.25, 0.3) is 0 Å². The first-order valence-electron chi connectivity index (χ1n) is 5.85. The molecule has 0 spiro atoms. The Labute approximate surface area is 118 Å². The summed E-state index contributed by atoms with van der Waals surface area (Å²) in [6.45, 7) is 0.710. The Balaban J connectivity index is 2.14. The van der Waals surface area contributed by atoms with Gasteiger partial charge in [-0.15, -0.1) is 0 Å². The molecule has 1 atom stereocenters. The van der Waals surface area contributed by atoms with Crippen LogP contribution in [0.3, 0.4) is 0 Å². The third-order valence-electron chi connectivity index (χ3n) is 3.19. The van der Waals surface area contributed by atoms with Crippen molar-refractivity contribution in [2.24, 2.45) is 5.92 Å². The SMILES string of the molecule is COC(=O)C1CCN(C(=O)c2cccc(Br)c2F)C1. The van der Waals surface area contributed by atoms with E-state index >= 15 is 0 Å². The van der Waals surface area contributed by atoms with Crippen molar-refractivity contribution in [3.05, 3.63) is 34.1 Å². The van der Waals surface area contributed by atoms with Gasteiger partial charge in [-0.2, -0.15) is 0 Å². The van der Waals surface area contributed by atoms with E-state index in [4.69, 9.17) is 0 Å². The summed E-state index contributed by atoms with van der Waals surface area (Å²) in [5.41, 5.74) is 0.0138. The van der Waals surface area contributed by atoms with Crippen LogP contribution in [0.2, 0.25) is 0 Å². The Morgan fingerprint density at radius 3 is 2.89 bits per heavy atom. The molecule has 102 valence electrons. The fourth-order valence-corrected chi connectivity index (χ4v) is 2.51. The van der Waals surface area contributed by atoms with E-state index in [9.17, 15) is 14.0 Å². The monoisotopic (exact) mass is 329 g/mol. The molecule has 0 saturated carbocycles. The third kappa shape index (κ3) is 2.78. The summed E-state index contributed by atoms with van der Waals surface area (Å²) >= 11 is 3.05. The van der Waals surface area contributed by atoms with E-state index in [0.717, 1.165) is 0 Å². The van der Waals surface area contributed by atoms with Crippen molar-refractivity contribution in [2.75, 3.05) is 20.2 Å². The predicted molar refractivity (Wildman–Crippen MR) is 70.1 cm³/mol. The highest BCUT2D eigenvalue weighted by Gasteiger charge is 2.33. The van der Waals surface area contributed by atoms with Gasteiger partial charge in [0.15, 0.2) is 0 Å². The minimum Gasteiger partial charge on any atom is -0.469 e. The summed E-state index contributed by atoms with van der Waals surface area (Å²) in [4.78, 5) is 25.1. The number of rotatable bonds is 2. The number of ether oxygens (including phenoxy) is 1. The topological polar surface area (TPSA) is 46.6 Å². The largest absolute Gasteiger partial charge is 0.469 e. The molecule has 1 aliphatic heterocycles. The predicted octanol–water partition coefficient (Wildman–Crippen LogP) is 2.22. The normalized spacial score (nSPS) is 18.5. The van der Waals surface area contributed by atoms with Crippen molar-refractivity contribution in [3.63, 3.8) is 0 Å². The standard InChI is InChI=1S/C13H13BrFNO3/c1-19-13(18)8-5-6-16(7-8)12(17)9-3-2-4-10(14)11(9)15/h2-4,8H,5-7H2,1H3. The molecular formula is C13H13BrFNO3. The van der Waals surface area contributed by atoms with Crippen LogP contribution in [0.5, 0.6) is 0 Å². The van der Waals surface area contributed by atoms with E-state index in [2.05, 4.69) is 20.7 Å². The number of hydrogen-bond donors (Lipinski definition) is 0. The molecular weight excluding hydrogens is 317 g/mol. The zero-order valence-corrected chi connectivity index (χ0v) is 11.9. The summed E-state index contributed by atoms with van der Waals surface area (Å²) in [7, 11) is 1.32. The first kappa shape index (κ1) is 14.0. The molecule has 2 rings (SSSR count). The first-order chi connectivity index (χ1) is 9.04. The van der Waals surface area contributed by atoms with Gasteiger partial charge in [-0.05, 0) is 34.5 Å². The molecule has 1 unspecified atom stereocenters. The van der Waals surface area contributed by atoms with Gasteiger partial charge in [-0.1, -0.05) is 6.07 Å². The average molecular weight is 330 g/mol. The van der Waals surface area contributed by atoms with Gasteiger partial charge in [-0.3, -0.25) is 9.59 Å². The Hall–Kier alpha value is -1.43.